The van der Waals surface area contributed by atoms with Crippen LogP contribution in [0, 0.1) is 0 Å². The van der Waals surface area contributed by atoms with Gasteiger partial charge in [0.2, 0.25) is 0 Å². The van der Waals surface area contributed by atoms with E-state index in [2.05, 4.69) is 5.32 Å². The molecule has 0 saturated carbocycles. The summed E-state index contributed by atoms with van der Waals surface area (Å²) < 4.78 is 5.07. The van der Waals surface area contributed by atoms with Crippen LogP contribution in [0.3, 0.4) is 0 Å². The van der Waals surface area contributed by atoms with Crippen molar-refractivity contribution in [3.63, 3.8) is 0 Å². The van der Waals surface area contributed by atoms with Crippen LogP contribution in [-0.4, -0.2) is 38.7 Å². The molecule has 0 aliphatic carbocycles. The molecule has 2 amide bonds. The zero-order valence-electron chi connectivity index (χ0n) is 10.3. The fraction of sp³-hybridized carbons (Fsp3) is 0.417. The van der Waals surface area contributed by atoms with E-state index in [9.17, 15) is 4.79 Å². The van der Waals surface area contributed by atoms with Crippen molar-refractivity contribution in [3.8, 4) is 5.75 Å². The maximum absolute atomic E-state index is 11.3. The van der Waals surface area contributed by atoms with Gasteiger partial charge in [-0.1, -0.05) is 17.7 Å². The Morgan fingerprint density at radius 2 is 2.24 bits per heavy atom. The summed E-state index contributed by atoms with van der Waals surface area (Å²) in [5.41, 5.74) is 1.00. The van der Waals surface area contributed by atoms with Gasteiger partial charge in [-0.15, -0.1) is 0 Å². The van der Waals surface area contributed by atoms with Crippen molar-refractivity contribution in [3.05, 3.63) is 28.8 Å². The van der Waals surface area contributed by atoms with Crippen molar-refractivity contribution in [2.75, 3.05) is 27.7 Å². The Morgan fingerprint density at radius 1 is 1.53 bits per heavy atom. The molecule has 1 N–H and O–H groups in total. The molecule has 1 rings (SSSR count). The van der Waals surface area contributed by atoms with Crippen LogP contribution in [0.4, 0.5) is 4.79 Å². The Morgan fingerprint density at radius 3 is 2.76 bits per heavy atom. The molecule has 17 heavy (non-hydrogen) atoms. The molecule has 0 aromatic heterocycles. The topological polar surface area (TPSA) is 41.6 Å². The summed E-state index contributed by atoms with van der Waals surface area (Å²) in [4.78, 5) is 12.9. The Labute approximate surface area is 107 Å². The highest BCUT2D eigenvalue weighted by Gasteiger charge is 2.07. The van der Waals surface area contributed by atoms with Gasteiger partial charge in [-0.05, 0) is 24.1 Å². The molecule has 94 valence electrons. The number of urea groups is 1. The fourth-order valence-corrected chi connectivity index (χ4v) is 1.70. The third-order valence-corrected chi connectivity index (χ3v) is 2.89. The van der Waals surface area contributed by atoms with E-state index in [0.717, 1.165) is 11.3 Å². The van der Waals surface area contributed by atoms with Gasteiger partial charge in [-0.2, -0.15) is 0 Å². The second kappa shape index (κ2) is 6.35. The average molecular weight is 257 g/mol. The van der Waals surface area contributed by atoms with Gasteiger partial charge in [-0.3, -0.25) is 0 Å². The smallest absolute Gasteiger partial charge is 0.316 e. The van der Waals surface area contributed by atoms with Crippen LogP contribution >= 0.6 is 11.6 Å². The maximum atomic E-state index is 11.3. The lowest BCUT2D eigenvalue weighted by Crippen LogP contribution is -2.36. The standard InChI is InChI=1S/C12H17ClN2O2/c1-14-12(16)15(2)7-6-9-4-5-10(17-3)8-11(9)13/h4-5,8H,6-7H2,1-3H3,(H,14,16). The maximum Gasteiger partial charge on any atom is 0.316 e. The second-order valence-electron chi connectivity index (χ2n) is 3.68. The summed E-state index contributed by atoms with van der Waals surface area (Å²) in [5.74, 6) is 0.735. The first kappa shape index (κ1) is 13.6. The minimum absolute atomic E-state index is 0.102. The number of benzene rings is 1. The molecular formula is C12H17ClN2O2. The number of nitrogens with one attached hydrogen (secondary N) is 1. The van der Waals surface area contributed by atoms with Crippen LogP contribution in [0.1, 0.15) is 5.56 Å². The SMILES string of the molecule is CNC(=O)N(C)CCc1ccc(OC)cc1Cl. The van der Waals surface area contributed by atoms with Gasteiger partial charge in [0.05, 0.1) is 7.11 Å². The fourth-order valence-electron chi connectivity index (χ4n) is 1.44. The molecule has 0 bridgehead atoms. The second-order valence-corrected chi connectivity index (χ2v) is 4.09. The zero-order chi connectivity index (χ0) is 12.8. The highest BCUT2D eigenvalue weighted by Crippen LogP contribution is 2.22. The number of methoxy groups -OCH3 is 1. The number of hydrogen-bond donors (Lipinski definition) is 1. The molecule has 0 saturated heterocycles. The number of carbonyl (C=O) groups excluding carboxylic acids is 1. The van der Waals surface area contributed by atoms with E-state index in [-0.39, 0.29) is 6.03 Å². The molecular weight excluding hydrogens is 240 g/mol. The van der Waals surface area contributed by atoms with Gasteiger partial charge in [0.25, 0.3) is 0 Å². The number of ether oxygens (including phenoxy) is 1. The van der Waals surface area contributed by atoms with Crippen LogP contribution in [0.15, 0.2) is 18.2 Å². The molecule has 0 heterocycles. The summed E-state index contributed by atoms with van der Waals surface area (Å²) >= 11 is 6.11. The monoisotopic (exact) mass is 256 g/mol. The highest BCUT2D eigenvalue weighted by atomic mass is 35.5. The molecule has 0 spiro atoms. The van der Waals surface area contributed by atoms with Crippen LogP contribution < -0.4 is 10.1 Å². The molecule has 0 aliphatic heterocycles. The zero-order valence-corrected chi connectivity index (χ0v) is 11.0. The number of likely N-dealkylation sites (N-methyl/N-ethyl adjacent to an activating group) is 1. The molecule has 1 aromatic rings. The van der Waals surface area contributed by atoms with Crippen molar-refractivity contribution in [2.45, 2.75) is 6.42 Å². The molecule has 1 aromatic carbocycles. The van der Waals surface area contributed by atoms with Gasteiger partial charge in [0, 0.05) is 25.7 Å². The van der Waals surface area contributed by atoms with E-state index in [1.807, 2.05) is 12.1 Å². The minimum atomic E-state index is -0.102. The van der Waals surface area contributed by atoms with Crippen LogP contribution in [-0.2, 0) is 6.42 Å². The number of rotatable bonds is 4. The lowest BCUT2D eigenvalue weighted by Gasteiger charge is -2.16. The molecule has 0 aliphatic rings. The number of carbonyl (C=O) groups is 1. The summed E-state index contributed by atoms with van der Waals surface area (Å²) in [7, 11) is 4.96. The highest BCUT2D eigenvalue weighted by molar-refractivity contribution is 6.31. The number of halogens is 1. The molecule has 0 radical (unpaired) electrons. The van der Waals surface area contributed by atoms with Crippen molar-refractivity contribution in [1.82, 2.24) is 10.2 Å². The molecule has 4 nitrogen and oxygen atoms in total. The van der Waals surface area contributed by atoms with Crippen molar-refractivity contribution < 1.29 is 9.53 Å². The first-order valence-corrected chi connectivity index (χ1v) is 5.71. The van der Waals surface area contributed by atoms with Gasteiger partial charge >= 0.3 is 6.03 Å². The predicted octanol–water partition coefficient (Wildman–Crippen LogP) is 2.16. The average Bonchev–Trinajstić information content (AvgIpc) is 2.35. The van der Waals surface area contributed by atoms with E-state index in [1.165, 1.54) is 0 Å². The third kappa shape index (κ3) is 3.82. The summed E-state index contributed by atoms with van der Waals surface area (Å²) in [6.07, 6.45) is 0.715. The number of amides is 2. The Balaban J connectivity index is 2.60. The first-order valence-electron chi connectivity index (χ1n) is 5.33. The van der Waals surface area contributed by atoms with Crippen LogP contribution in [0.25, 0.3) is 0 Å². The lowest BCUT2D eigenvalue weighted by atomic mass is 10.1. The molecule has 0 atom stereocenters. The first-order chi connectivity index (χ1) is 8.08. The van der Waals surface area contributed by atoms with E-state index in [0.29, 0.717) is 18.0 Å². The molecule has 5 heteroatoms. The number of nitrogens with zero attached hydrogens (tertiary/aromatic N) is 1. The van der Waals surface area contributed by atoms with E-state index in [1.54, 1.807) is 32.2 Å². The largest absolute Gasteiger partial charge is 0.497 e. The third-order valence-electron chi connectivity index (χ3n) is 2.54. The summed E-state index contributed by atoms with van der Waals surface area (Å²) in [6, 6.07) is 5.45. The normalized spacial score (nSPS) is 9.88. The van der Waals surface area contributed by atoms with Gasteiger partial charge in [0.15, 0.2) is 0 Å². The van der Waals surface area contributed by atoms with Crippen LogP contribution in [0.5, 0.6) is 5.75 Å². The van der Waals surface area contributed by atoms with Gasteiger partial charge in [-0.25, -0.2) is 4.79 Å². The summed E-state index contributed by atoms with van der Waals surface area (Å²) in [6.45, 7) is 0.617. The Hall–Kier alpha value is -1.42. The van der Waals surface area contributed by atoms with E-state index < -0.39 is 0 Å². The quantitative estimate of drug-likeness (QED) is 0.897. The van der Waals surface area contributed by atoms with Crippen molar-refractivity contribution in [1.29, 1.82) is 0 Å². The van der Waals surface area contributed by atoms with Crippen molar-refractivity contribution >= 4 is 17.6 Å². The molecule has 0 unspecified atom stereocenters. The van der Waals surface area contributed by atoms with E-state index >= 15 is 0 Å². The molecule has 0 fully saturated rings. The van der Waals surface area contributed by atoms with Crippen LogP contribution in [0.2, 0.25) is 5.02 Å². The Bertz CT molecular complexity index is 396. The van der Waals surface area contributed by atoms with E-state index in [4.69, 9.17) is 16.3 Å². The number of hydrogen-bond acceptors (Lipinski definition) is 2. The van der Waals surface area contributed by atoms with Gasteiger partial charge < -0.3 is 15.0 Å². The van der Waals surface area contributed by atoms with Gasteiger partial charge in [0.1, 0.15) is 5.75 Å². The minimum Gasteiger partial charge on any atom is -0.497 e. The Kier molecular flexibility index (Phi) is 5.10. The lowest BCUT2D eigenvalue weighted by molar-refractivity contribution is 0.211. The van der Waals surface area contributed by atoms with Crippen molar-refractivity contribution in [2.24, 2.45) is 0 Å². The summed E-state index contributed by atoms with van der Waals surface area (Å²) in [5, 5.41) is 3.23. The predicted molar refractivity (Wildman–Crippen MR) is 68.8 cm³/mol.